The number of hydrogen-bond acceptors (Lipinski definition) is 0. The second kappa shape index (κ2) is 18.1. The fourth-order valence-corrected chi connectivity index (χ4v) is 7.09. The van der Waals surface area contributed by atoms with Crippen molar-refractivity contribution in [1.29, 1.82) is 0 Å². The first-order chi connectivity index (χ1) is 26.0. The Hall–Kier alpha value is -4.03. The summed E-state index contributed by atoms with van der Waals surface area (Å²) in [5, 5.41) is 0. The molecule has 0 radical (unpaired) electrons. The minimum absolute atomic E-state index is 0.0728. The molecule has 0 saturated carbocycles. The Morgan fingerprint density at radius 3 is 0.661 bits per heavy atom. The van der Waals surface area contributed by atoms with Gasteiger partial charge in [-0.05, 0) is 20.8 Å². The largest absolute Gasteiger partial charge is 0.207 e. The van der Waals surface area contributed by atoms with Crippen LogP contribution in [0.5, 0.6) is 0 Å². The van der Waals surface area contributed by atoms with Crippen LogP contribution in [0.15, 0.2) is 0 Å². The van der Waals surface area contributed by atoms with Crippen LogP contribution in [-0.4, -0.2) is 25.6 Å². The second-order valence-electron chi connectivity index (χ2n) is 12.5. The Balaban J connectivity index is 0.000000665. The molecule has 0 aliphatic rings. The Labute approximate surface area is 305 Å². The van der Waals surface area contributed by atoms with Gasteiger partial charge < -0.3 is 0 Å². The summed E-state index contributed by atoms with van der Waals surface area (Å²) in [6.07, 6.45) is 3.03. The maximum atomic E-state index is 15.4. The summed E-state index contributed by atoms with van der Waals surface area (Å²) in [6.45, 7) is 7.10. The molecule has 0 amide bonds. The van der Waals surface area contributed by atoms with E-state index in [0.717, 1.165) is 0 Å². The molecular weight excluding hydrogens is 830 g/mol. The first-order valence-corrected chi connectivity index (χ1v) is 18.7. The topological polar surface area (TPSA) is 0 Å². The lowest BCUT2D eigenvalue weighted by atomic mass is 9.12. The molecule has 56 heavy (non-hydrogen) atoms. The standard InChI is InChI=1S/C24BF20.C10H23P/c26-5-1(6(27)14(35)21(42)13(5)34)25(2-7(28)15(36)22(43)16(37)8(2)29,3-9(30)17(38)23(44)18(39)10(3)31)4-11(32)19(40)24(45)20(41)12(4)33;1-4-5-6-7-8-9-10-11(2)3/h;4-10H2,1-3H3/q-1;/p+1. The third-order valence-electron chi connectivity index (χ3n) is 8.74. The molecular formula is C34H24BF20P. The van der Waals surface area contributed by atoms with Crippen LogP contribution in [0, 0.1) is 116 Å². The second-order valence-corrected chi connectivity index (χ2v) is 15.4. The molecule has 4 aromatic carbocycles. The van der Waals surface area contributed by atoms with Gasteiger partial charge in [-0.1, -0.05) is 32.6 Å². The fraction of sp³-hybridized carbons (Fsp3) is 0.294. The van der Waals surface area contributed by atoms with Gasteiger partial charge in [0.05, 0.1) is 6.16 Å². The normalized spacial score (nSPS) is 11.8. The van der Waals surface area contributed by atoms with Gasteiger partial charge in [0.15, 0.2) is 69.8 Å². The third-order valence-corrected chi connectivity index (χ3v) is 10.1. The van der Waals surface area contributed by atoms with E-state index in [4.69, 9.17) is 0 Å². The minimum Gasteiger partial charge on any atom is -0.207 e. The zero-order chi connectivity index (χ0) is 42.9. The molecule has 0 heterocycles. The van der Waals surface area contributed by atoms with E-state index < -0.39 is 144 Å². The summed E-state index contributed by atoms with van der Waals surface area (Å²) in [5.74, 6) is -71.4. The Kier molecular flexibility index (Phi) is 14.9. The van der Waals surface area contributed by atoms with E-state index in [2.05, 4.69) is 20.3 Å². The van der Waals surface area contributed by atoms with Crippen LogP contribution < -0.4 is 21.9 Å². The molecule has 0 aliphatic heterocycles. The van der Waals surface area contributed by atoms with Crippen LogP contribution in [0.1, 0.15) is 45.4 Å². The number of halogens is 20. The lowest BCUT2D eigenvalue weighted by Crippen LogP contribution is -2.81. The van der Waals surface area contributed by atoms with Gasteiger partial charge in [-0.25, -0.2) is 87.8 Å². The van der Waals surface area contributed by atoms with Crippen LogP contribution in [0.4, 0.5) is 87.8 Å². The highest BCUT2D eigenvalue weighted by molar-refractivity contribution is 7.55. The maximum Gasteiger partial charge on any atom is 0.200 e. The highest BCUT2D eigenvalue weighted by Crippen LogP contribution is 2.31. The number of rotatable bonds is 11. The zero-order valence-corrected chi connectivity index (χ0v) is 29.6. The van der Waals surface area contributed by atoms with E-state index >= 15 is 35.1 Å². The highest BCUT2D eigenvalue weighted by Gasteiger charge is 2.52. The van der Waals surface area contributed by atoms with Gasteiger partial charge in [0, 0.05) is 13.3 Å². The molecule has 0 unspecified atom stereocenters. The van der Waals surface area contributed by atoms with Crippen molar-refractivity contribution in [2.24, 2.45) is 0 Å². The van der Waals surface area contributed by atoms with Crippen molar-refractivity contribution in [3.63, 3.8) is 0 Å². The van der Waals surface area contributed by atoms with Crippen LogP contribution in [-0.2, 0) is 0 Å². The third kappa shape index (κ3) is 7.80. The van der Waals surface area contributed by atoms with Crippen molar-refractivity contribution in [1.82, 2.24) is 0 Å². The van der Waals surface area contributed by atoms with Crippen molar-refractivity contribution in [2.45, 2.75) is 45.4 Å². The smallest absolute Gasteiger partial charge is 0.200 e. The summed E-state index contributed by atoms with van der Waals surface area (Å²) in [4.78, 5) is 0. The number of hydrogen-bond donors (Lipinski definition) is 0. The van der Waals surface area contributed by atoms with Crippen LogP contribution in [0.3, 0.4) is 0 Å². The zero-order valence-electron chi connectivity index (χ0n) is 28.6. The molecule has 0 N–H and O–H groups in total. The van der Waals surface area contributed by atoms with Gasteiger partial charge in [0.1, 0.15) is 52.7 Å². The van der Waals surface area contributed by atoms with Gasteiger partial charge in [-0.2, -0.15) is 0 Å². The number of benzene rings is 4. The summed E-state index contributed by atoms with van der Waals surface area (Å²) < 4.78 is 294. The average Bonchev–Trinajstić information content (AvgIpc) is 3.16. The van der Waals surface area contributed by atoms with E-state index in [1.165, 1.54) is 44.7 Å². The van der Waals surface area contributed by atoms with Gasteiger partial charge >= 0.3 is 0 Å². The van der Waals surface area contributed by atoms with E-state index in [-0.39, 0.29) is 7.92 Å². The Bertz CT molecular complexity index is 1750. The monoisotopic (exact) mass is 854 g/mol. The molecule has 4 aromatic rings. The van der Waals surface area contributed by atoms with Gasteiger partial charge in [0.2, 0.25) is 0 Å². The molecule has 0 aromatic heterocycles. The maximum absolute atomic E-state index is 15.4. The predicted molar refractivity (Wildman–Crippen MR) is 168 cm³/mol. The van der Waals surface area contributed by atoms with E-state index in [1.54, 1.807) is 0 Å². The summed E-state index contributed by atoms with van der Waals surface area (Å²) >= 11 is 0. The lowest BCUT2D eigenvalue weighted by Gasteiger charge is -2.44. The molecule has 0 nitrogen and oxygen atoms in total. The van der Waals surface area contributed by atoms with E-state index in [9.17, 15) is 52.7 Å². The molecule has 0 aliphatic carbocycles. The first-order valence-electron chi connectivity index (χ1n) is 16.0. The quantitative estimate of drug-likeness (QED) is 0.0353. The van der Waals surface area contributed by atoms with Crippen LogP contribution in [0.2, 0.25) is 0 Å². The molecule has 308 valence electrons. The molecule has 0 atom stereocenters. The van der Waals surface area contributed by atoms with Crippen molar-refractivity contribution < 1.29 is 87.8 Å². The molecule has 0 bridgehead atoms. The van der Waals surface area contributed by atoms with E-state index in [0.29, 0.717) is 0 Å². The van der Waals surface area contributed by atoms with Crippen molar-refractivity contribution in [3.05, 3.63) is 116 Å². The SMILES string of the molecule is CCCCCCCC[PH+](C)C.Fc1c(F)c(F)c([B-](c2c(F)c(F)c(F)c(F)c2F)(c2c(F)c(F)c(F)c(F)c2F)c2c(F)c(F)c(F)c(F)c2F)c(F)c1F. The molecule has 4 rings (SSSR count). The van der Waals surface area contributed by atoms with Gasteiger partial charge in [-0.15, -0.1) is 21.9 Å². The fourth-order valence-electron chi connectivity index (χ4n) is 6.13. The summed E-state index contributed by atoms with van der Waals surface area (Å²) in [6, 6.07) is 0. The molecule has 0 fully saturated rings. The van der Waals surface area contributed by atoms with Crippen molar-refractivity contribution in [3.8, 4) is 0 Å². The number of unbranched alkanes of at least 4 members (excludes halogenated alkanes) is 5. The van der Waals surface area contributed by atoms with Crippen molar-refractivity contribution >= 4 is 35.9 Å². The Morgan fingerprint density at radius 2 is 0.464 bits per heavy atom. The summed E-state index contributed by atoms with van der Waals surface area (Å²) in [5.41, 5.74) is -14.3. The first kappa shape index (κ1) is 46.4. The van der Waals surface area contributed by atoms with Crippen molar-refractivity contribution in [2.75, 3.05) is 19.5 Å². The lowest BCUT2D eigenvalue weighted by molar-refractivity contribution is 0.378. The molecule has 0 saturated heterocycles. The van der Waals surface area contributed by atoms with Gasteiger partial charge in [0.25, 0.3) is 0 Å². The Morgan fingerprint density at radius 1 is 0.286 bits per heavy atom. The minimum atomic E-state index is -7.22. The predicted octanol–water partition coefficient (Wildman–Crippen LogP) is 9.67. The molecule has 0 spiro atoms. The van der Waals surface area contributed by atoms with E-state index in [1.807, 2.05) is 0 Å². The summed E-state index contributed by atoms with van der Waals surface area (Å²) in [7, 11) is 0.0728. The van der Waals surface area contributed by atoms with Crippen LogP contribution >= 0.6 is 7.92 Å². The molecule has 22 heteroatoms. The highest BCUT2D eigenvalue weighted by atomic mass is 31.1. The van der Waals surface area contributed by atoms with Gasteiger partial charge in [-0.3, -0.25) is 0 Å². The average molecular weight is 854 g/mol. The van der Waals surface area contributed by atoms with Crippen LogP contribution in [0.25, 0.3) is 0 Å².